The molecular formula is C17H20N4O2S. The lowest BCUT2D eigenvalue weighted by Crippen LogP contribution is -2.38. The molecule has 1 aliphatic rings. The Morgan fingerprint density at radius 1 is 1.46 bits per heavy atom. The summed E-state index contributed by atoms with van der Waals surface area (Å²) in [6, 6.07) is 4.20. The molecule has 0 saturated carbocycles. The molecule has 0 spiro atoms. The van der Waals surface area contributed by atoms with Gasteiger partial charge in [0.05, 0.1) is 54.8 Å². The van der Waals surface area contributed by atoms with Crippen LogP contribution in [0, 0.1) is 6.92 Å². The molecule has 24 heavy (non-hydrogen) atoms. The highest BCUT2D eigenvalue weighted by molar-refractivity contribution is 7.09. The van der Waals surface area contributed by atoms with E-state index in [0.717, 1.165) is 36.1 Å². The van der Waals surface area contributed by atoms with Crippen molar-refractivity contribution < 1.29 is 9.15 Å². The predicted molar refractivity (Wildman–Crippen MR) is 90.6 cm³/mol. The fraction of sp³-hybridized carbons (Fsp3) is 0.412. The molecule has 0 radical (unpaired) electrons. The lowest BCUT2D eigenvalue weighted by Gasteiger charge is -2.33. The van der Waals surface area contributed by atoms with Crippen molar-refractivity contribution in [2.45, 2.75) is 32.7 Å². The van der Waals surface area contributed by atoms with Crippen molar-refractivity contribution in [3.8, 4) is 0 Å². The average molecular weight is 344 g/mol. The number of hydrogen-bond acceptors (Lipinski definition) is 6. The van der Waals surface area contributed by atoms with Gasteiger partial charge < -0.3 is 13.7 Å². The van der Waals surface area contributed by atoms with E-state index < -0.39 is 0 Å². The van der Waals surface area contributed by atoms with E-state index in [1.807, 2.05) is 31.6 Å². The van der Waals surface area contributed by atoms with Crippen LogP contribution in [-0.2, 0) is 24.4 Å². The van der Waals surface area contributed by atoms with Crippen molar-refractivity contribution in [1.82, 2.24) is 19.4 Å². The maximum Gasteiger partial charge on any atom is 0.117 e. The van der Waals surface area contributed by atoms with Gasteiger partial charge in [-0.1, -0.05) is 0 Å². The van der Waals surface area contributed by atoms with E-state index in [-0.39, 0.29) is 6.04 Å². The second-order valence-corrected chi connectivity index (χ2v) is 7.13. The molecule has 6 nitrogen and oxygen atoms in total. The SMILES string of the molecule is Cc1nc(COC[C@H]2CN(Cc3ccco3)Cc3cncn32)cs1. The number of hydrogen-bond donors (Lipinski definition) is 0. The van der Waals surface area contributed by atoms with Crippen molar-refractivity contribution in [1.29, 1.82) is 0 Å². The van der Waals surface area contributed by atoms with Gasteiger partial charge in [-0.3, -0.25) is 4.90 Å². The summed E-state index contributed by atoms with van der Waals surface area (Å²) in [4.78, 5) is 11.1. The van der Waals surface area contributed by atoms with Gasteiger partial charge >= 0.3 is 0 Å². The number of rotatable bonds is 6. The van der Waals surface area contributed by atoms with Crippen LogP contribution in [0.1, 0.15) is 28.2 Å². The lowest BCUT2D eigenvalue weighted by molar-refractivity contribution is 0.0558. The minimum Gasteiger partial charge on any atom is -0.468 e. The van der Waals surface area contributed by atoms with Gasteiger partial charge in [0.2, 0.25) is 0 Å². The molecule has 0 aromatic carbocycles. The minimum absolute atomic E-state index is 0.256. The van der Waals surface area contributed by atoms with E-state index in [0.29, 0.717) is 13.2 Å². The van der Waals surface area contributed by atoms with Crippen molar-refractivity contribution in [2.24, 2.45) is 0 Å². The van der Waals surface area contributed by atoms with Crippen LogP contribution in [0.25, 0.3) is 0 Å². The Morgan fingerprint density at radius 2 is 2.42 bits per heavy atom. The van der Waals surface area contributed by atoms with Gasteiger partial charge in [-0.2, -0.15) is 0 Å². The molecule has 3 aromatic heterocycles. The number of aromatic nitrogens is 3. The normalized spacial score (nSPS) is 18.0. The Hall–Kier alpha value is -1.96. The van der Waals surface area contributed by atoms with E-state index in [9.17, 15) is 0 Å². The number of imidazole rings is 1. The highest BCUT2D eigenvalue weighted by Crippen LogP contribution is 2.23. The Kier molecular flexibility index (Phi) is 4.46. The standard InChI is InChI=1S/C17H20N4O2S/c1-13-19-14(11-24-13)9-22-10-16-7-20(8-17-3-2-4-23-17)6-15-5-18-12-21(15)16/h2-5,11-12,16H,6-10H2,1H3/t16-/m1/s1. The number of thiazole rings is 1. The fourth-order valence-corrected chi connectivity index (χ4v) is 3.71. The zero-order valence-electron chi connectivity index (χ0n) is 13.6. The van der Waals surface area contributed by atoms with E-state index in [1.165, 1.54) is 5.69 Å². The lowest BCUT2D eigenvalue weighted by atomic mass is 10.2. The third kappa shape index (κ3) is 3.43. The summed E-state index contributed by atoms with van der Waals surface area (Å²) in [5, 5.41) is 3.13. The summed E-state index contributed by atoms with van der Waals surface area (Å²) >= 11 is 1.66. The summed E-state index contributed by atoms with van der Waals surface area (Å²) in [7, 11) is 0. The predicted octanol–water partition coefficient (Wildman–Crippen LogP) is 3.01. The van der Waals surface area contributed by atoms with E-state index >= 15 is 0 Å². The van der Waals surface area contributed by atoms with E-state index in [1.54, 1.807) is 17.6 Å². The van der Waals surface area contributed by atoms with Crippen LogP contribution in [0.5, 0.6) is 0 Å². The molecule has 0 aliphatic carbocycles. The van der Waals surface area contributed by atoms with Crippen molar-refractivity contribution >= 4 is 11.3 Å². The third-order valence-electron chi connectivity index (χ3n) is 4.18. The maximum absolute atomic E-state index is 5.93. The minimum atomic E-state index is 0.256. The maximum atomic E-state index is 5.93. The molecule has 4 heterocycles. The second-order valence-electron chi connectivity index (χ2n) is 6.07. The second kappa shape index (κ2) is 6.88. The van der Waals surface area contributed by atoms with Gasteiger partial charge in [0.15, 0.2) is 0 Å². The first-order chi connectivity index (χ1) is 11.8. The van der Waals surface area contributed by atoms with Gasteiger partial charge in [-0.25, -0.2) is 9.97 Å². The number of fused-ring (bicyclic) bond motifs is 1. The first-order valence-corrected chi connectivity index (χ1v) is 8.90. The van der Waals surface area contributed by atoms with Gasteiger partial charge in [0, 0.05) is 24.7 Å². The molecule has 3 aromatic rings. The summed E-state index contributed by atoms with van der Waals surface area (Å²) < 4.78 is 13.6. The highest BCUT2D eigenvalue weighted by Gasteiger charge is 2.25. The zero-order valence-corrected chi connectivity index (χ0v) is 14.4. The Morgan fingerprint density at radius 3 is 3.21 bits per heavy atom. The largest absolute Gasteiger partial charge is 0.468 e. The Labute approximate surface area is 144 Å². The average Bonchev–Trinajstić information content (AvgIpc) is 3.29. The van der Waals surface area contributed by atoms with E-state index in [4.69, 9.17) is 9.15 Å². The number of furan rings is 1. The molecule has 7 heteroatoms. The smallest absolute Gasteiger partial charge is 0.117 e. The van der Waals surface area contributed by atoms with Crippen LogP contribution in [0.3, 0.4) is 0 Å². The van der Waals surface area contributed by atoms with Gasteiger partial charge in [-0.15, -0.1) is 11.3 Å². The fourth-order valence-electron chi connectivity index (χ4n) is 3.11. The van der Waals surface area contributed by atoms with E-state index in [2.05, 4.69) is 24.8 Å². The van der Waals surface area contributed by atoms with Gasteiger partial charge in [0.25, 0.3) is 0 Å². The molecule has 0 unspecified atom stereocenters. The first kappa shape index (κ1) is 15.6. The van der Waals surface area contributed by atoms with Crippen LogP contribution < -0.4 is 0 Å². The van der Waals surface area contributed by atoms with Gasteiger partial charge in [0.1, 0.15) is 5.76 Å². The molecule has 0 bridgehead atoms. The molecule has 0 fully saturated rings. The zero-order chi connectivity index (χ0) is 16.4. The summed E-state index contributed by atoms with van der Waals surface area (Å²) in [5.41, 5.74) is 2.22. The summed E-state index contributed by atoms with van der Waals surface area (Å²) in [5.74, 6) is 0.987. The number of ether oxygens (including phenoxy) is 1. The summed E-state index contributed by atoms with van der Waals surface area (Å²) in [6.45, 7) is 5.82. The van der Waals surface area contributed by atoms with Crippen LogP contribution in [0.2, 0.25) is 0 Å². The van der Waals surface area contributed by atoms with Crippen LogP contribution in [0.15, 0.2) is 40.7 Å². The van der Waals surface area contributed by atoms with Crippen LogP contribution >= 0.6 is 11.3 Å². The Bertz CT molecular complexity index is 780. The van der Waals surface area contributed by atoms with Crippen molar-refractivity contribution in [3.05, 3.63) is 58.5 Å². The van der Waals surface area contributed by atoms with Crippen LogP contribution in [-0.4, -0.2) is 32.6 Å². The summed E-state index contributed by atoms with van der Waals surface area (Å²) in [6.07, 6.45) is 5.56. The first-order valence-electron chi connectivity index (χ1n) is 8.02. The molecule has 4 rings (SSSR count). The molecule has 0 N–H and O–H groups in total. The number of aryl methyl sites for hydroxylation is 1. The monoisotopic (exact) mass is 344 g/mol. The van der Waals surface area contributed by atoms with Crippen LogP contribution in [0.4, 0.5) is 0 Å². The quantitative estimate of drug-likeness (QED) is 0.688. The molecule has 126 valence electrons. The highest BCUT2D eigenvalue weighted by atomic mass is 32.1. The molecular weight excluding hydrogens is 324 g/mol. The van der Waals surface area contributed by atoms with Crippen molar-refractivity contribution in [2.75, 3.05) is 13.2 Å². The van der Waals surface area contributed by atoms with Gasteiger partial charge in [-0.05, 0) is 19.1 Å². The molecule has 1 aliphatic heterocycles. The molecule has 0 saturated heterocycles. The number of nitrogens with zero attached hydrogens (tertiary/aromatic N) is 4. The topological polar surface area (TPSA) is 56.3 Å². The van der Waals surface area contributed by atoms with Crippen molar-refractivity contribution in [3.63, 3.8) is 0 Å². The molecule has 0 amide bonds. The third-order valence-corrected chi connectivity index (χ3v) is 5.00. The Balaban J connectivity index is 1.39. The molecule has 1 atom stereocenters.